The second-order valence-corrected chi connectivity index (χ2v) is 7.81. The lowest BCUT2D eigenvalue weighted by Crippen LogP contribution is -2.49. The van der Waals surface area contributed by atoms with Crippen molar-refractivity contribution in [2.45, 2.75) is 18.9 Å². The molecule has 0 aliphatic carbocycles. The number of morpholine rings is 1. The van der Waals surface area contributed by atoms with Gasteiger partial charge in [-0.2, -0.15) is 17.4 Å². The van der Waals surface area contributed by atoms with Crippen molar-refractivity contribution in [3.8, 4) is 0 Å². The molecule has 0 saturated carbocycles. The highest BCUT2D eigenvalue weighted by molar-refractivity contribution is 7.87. The predicted molar refractivity (Wildman–Crippen MR) is 89.3 cm³/mol. The standard InChI is InChI=1S/C16H25N3O3S/c20-23(21,19-10-12-22-13-11-19)17-16(14-18-8-4-5-9-18)15-6-2-1-3-7-15/h1-3,6-7,16-17H,4-5,8-14H2. The number of benzene rings is 1. The summed E-state index contributed by atoms with van der Waals surface area (Å²) in [6.07, 6.45) is 2.38. The molecule has 6 nitrogen and oxygen atoms in total. The van der Waals surface area contributed by atoms with Crippen molar-refractivity contribution in [3.63, 3.8) is 0 Å². The fraction of sp³-hybridized carbons (Fsp3) is 0.625. The van der Waals surface area contributed by atoms with Crippen molar-refractivity contribution in [2.75, 3.05) is 45.9 Å². The molecule has 128 valence electrons. The fourth-order valence-electron chi connectivity index (χ4n) is 3.16. The van der Waals surface area contributed by atoms with Crippen molar-refractivity contribution in [2.24, 2.45) is 0 Å². The Kier molecular flexibility index (Phi) is 5.66. The molecule has 2 aliphatic heterocycles. The second kappa shape index (κ2) is 7.72. The zero-order valence-corrected chi connectivity index (χ0v) is 14.2. The summed E-state index contributed by atoms with van der Waals surface area (Å²) in [4.78, 5) is 2.33. The molecule has 1 aromatic rings. The lowest BCUT2D eigenvalue weighted by atomic mass is 10.1. The number of hydrogen-bond acceptors (Lipinski definition) is 4. The molecule has 2 aliphatic rings. The smallest absolute Gasteiger partial charge is 0.280 e. The monoisotopic (exact) mass is 339 g/mol. The topological polar surface area (TPSA) is 61.9 Å². The van der Waals surface area contributed by atoms with E-state index in [-0.39, 0.29) is 6.04 Å². The molecule has 1 aromatic carbocycles. The van der Waals surface area contributed by atoms with Gasteiger partial charge in [-0.1, -0.05) is 30.3 Å². The van der Waals surface area contributed by atoms with Gasteiger partial charge in [-0.15, -0.1) is 0 Å². The van der Waals surface area contributed by atoms with Crippen LogP contribution in [0.2, 0.25) is 0 Å². The van der Waals surface area contributed by atoms with Crippen molar-refractivity contribution in [1.29, 1.82) is 0 Å². The van der Waals surface area contributed by atoms with Crippen LogP contribution in [0, 0.1) is 0 Å². The van der Waals surface area contributed by atoms with Gasteiger partial charge >= 0.3 is 0 Å². The molecule has 1 N–H and O–H groups in total. The van der Waals surface area contributed by atoms with Crippen LogP contribution in [0.5, 0.6) is 0 Å². The van der Waals surface area contributed by atoms with Crippen LogP contribution in [0.1, 0.15) is 24.4 Å². The average Bonchev–Trinajstić information content (AvgIpc) is 3.09. The zero-order chi connectivity index (χ0) is 16.1. The first kappa shape index (κ1) is 16.9. The minimum Gasteiger partial charge on any atom is -0.379 e. The van der Waals surface area contributed by atoms with Gasteiger partial charge in [-0.25, -0.2) is 0 Å². The van der Waals surface area contributed by atoms with E-state index in [4.69, 9.17) is 4.74 Å². The van der Waals surface area contributed by atoms with E-state index in [0.29, 0.717) is 32.8 Å². The number of nitrogens with zero attached hydrogens (tertiary/aromatic N) is 2. The van der Waals surface area contributed by atoms with E-state index in [0.717, 1.165) is 18.7 Å². The van der Waals surface area contributed by atoms with Gasteiger partial charge in [0.25, 0.3) is 10.2 Å². The molecular weight excluding hydrogens is 314 g/mol. The summed E-state index contributed by atoms with van der Waals surface area (Å²) in [6.45, 7) is 4.56. The largest absolute Gasteiger partial charge is 0.379 e. The van der Waals surface area contributed by atoms with Gasteiger partial charge in [0, 0.05) is 19.6 Å². The Morgan fingerprint density at radius 3 is 2.35 bits per heavy atom. The molecule has 0 bridgehead atoms. The summed E-state index contributed by atoms with van der Waals surface area (Å²) >= 11 is 0. The van der Waals surface area contributed by atoms with Gasteiger partial charge < -0.3 is 9.64 Å². The Morgan fingerprint density at radius 2 is 1.70 bits per heavy atom. The fourth-order valence-corrected chi connectivity index (χ4v) is 4.51. The Balaban J connectivity index is 1.74. The highest BCUT2D eigenvalue weighted by atomic mass is 32.2. The van der Waals surface area contributed by atoms with Crippen LogP contribution in [0.25, 0.3) is 0 Å². The predicted octanol–water partition coefficient (Wildman–Crippen LogP) is 0.990. The Bertz CT molecular complexity index is 582. The van der Waals surface area contributed by atoms with E-state index in [1.54, 1.807) is 0 Å². The first-order chi connectivity index (χ1) is 11.1. The maximum absolute atomic E-state index is 12.7. The first-order valence-corrected chi connectivity index (χ1v) is 9.71. The molecule has 0 radical (unpaired) electrons. The van der Waals surface area contributed by atoms with Gasteiger partial charge in [0.2, 0.25) is 0 Å². The number of likely N-dealkylation sites (tertiary alicyclic amines) is 1. The molecular formula is C16H25N3O3S. The van der Waals surface area contributed by atoms with Gasteiger partial charge in [-0.3, -0.25) is 0 Å². The molecule has 7 heteroatoms. The third-order valence-corrected chi connectivity index (χ3v) is 6.07. The summed E-state index contributed by atoms with van der Waals surface area (Å²) in [5, 5.41) is 0. The maximum Gasteiger partial charge on any atom is 0.280 e. The summed E-state index contributed by atoms with van der Waals surface area (Å²) in [5.74, 6) is 0. The Hall–Kier alpha value is -0.990. The third-order valence-electron chi connectivity index (χ3n) is 4.44. The second-order valence-electron chi connectivity index (χ2n) is 6.11. The van der Waals surface area contributed by atoms with Crippen LogP contribution in [0.3, 0.4) is 0 Å². The molecule has 0 amide bonds. The molecule has 1 unspecified atom stereocenters. The first-order valence-electron chi connectivity index (χ1n) is 8.27. The van der Waals surface area contributed by atoms with Crippen LogP contribution < -0.4 is 4.72 Å². The molecule has 2 heterocycles. The van der Waals surface area contributed by atoms with E-state index in [9.17, 15) is 8.42 Å². The third kappa shape index (κ3) is 4.51. The summed E-state index contributed by atoms with van der Waals surface area (Å²) < 4.78 is 35.0. The van der Waals surface area contributed by atoms with Crippen LogP contribution in [-0.2, 0) is 14.9 Å². The molecule has 2 fully saturated rings. The summed E-state index contributed by atoms with van der Waals surface area (Å²) in [5.41, 5.74) is 1.01. The SMILES string of the molecule is O=S(=O)(NC(CN1CCCC1)c1ccccc1)N1CCOCC1. The lowest BCUT2D eigenvalue weighted by Gasteiger charge is -2.30. The van der Waals surface area contributed by atoms with E-state index in [1.165, 1.54) is 17.1 Å². The summed E-state index contributed by atoms with van der Waals surface area (Å²) in [7, 11) is -3.50. The highest BCUT2D eigenvalue weighted by Crippen LogP contribution is 2.19. The van der Waals surface area contributed by atoms with Crippen molar-refractivity contribution in [3.05, 3.63) is 35.9 Å². The maximum atomic E-state index is 12.7. The highest BCUT2D eigenvalue weighted by Gasteiger charge is 2.29. The number of hydrogen-bond donors (Lipinski definition) is 1. The number of ether oxygens (including phenoxy) is 1. The van der Waals surface area contributed by atoms with Crippen LogP contribution >= 0.6 is 0 Å². The Labute approximate surface area is 138 Å². The van der Waals surface area contributed by atoms with E-state index in [1.807, 2.05) is 30.3 Å². The van der Waals surface area contributed by atoms with Crippen LogP contribution in [0.15, 0.2) is 30.3 Å². The van der Waals surface area contributed by atoms with E-state index >= 15 is 0 Å². The van der Waals surface area contributed by atoms with Crippen molar-refractivity contribution in [1.82, 2.24) is 13.9 Å². The molecule has 3 rings (SSSR count). The quantitative estimate of drug-likeness (QED) is 0.840. The molecule has 23 heavy (non-hydrogen) atoms. The normalized spacial score (nSPS) is 22.3. The minimum atomic E-state index is -3.50. The van der Waals surface area contributed by atoms with Gasteiger partial charge in [0.1, 0.15) is 0 Å². The molecule has 1 atom stereocenters. The molecule has 0 spiro atoms. The molecule has 2 saturated heterocycles. The van der Waals surface area contributed by atoms with E-state index < -0.39 is 10.2 Å². The van der Waals surface area contributed by atoms with Gasteiger partial charge in [0.15, 0.2) is 0 Å². The summed E-state index contributed by atoms with van der Waals surface area (Å²) in [6, 6.07) is 9.62. The number of nitrogens with one attached hydrogen (secondary N) is 1. The van der Waals surface area contributed by atoms with Gasteiger partial charge in [0.05, 0.1) is 19.3 Å². The van der Waals surface area contributed by atoms with Crippen molar-refractivity contribution < 1.29 is 13.2 Å². The van der Waals surface area contributed by atoms with E-state index in [2.05, 4.69) is 9.62 Å². The van der Waals surface area contributed by atoms with Gasteiger partial charge in [-0.05, 0) is 31.5 Å². The minimum absolute atomic E-state index is 0.220. The average molecular weight is 339 g/mol. The lowest BCUT2D eigenvalue weighted by molar-refractivity contribution is 0.0722. The number of rotatable bonds is 6. The van der Waals surface area contributed by atoms with Crippen molar-refractivity contribution >= 4 is 10.2 Å². The Morgan fingerprint density at radius 1 is 1.04 bits per heavy atom. The molecule has 0 aromatic heterocycles. The van der Waals surface area contributed by atoms with Crippen LogP contribution in [-0.4, -0.2) is 63.6 Å². The van der Waals surface area contributed by atoms with Crippen LogP contribution in [0.4, 0.5) is 0 Å². The zero-order valence-electron chi connectivity index (χ0n) is 13.4.